The molecule has 0 saturated heterocycles. The van der Waals surface area contributed by atoms with Crippen molar-refractivity contribution in [1.82, 2.24) is 4.90 Å². The van der Waals surface area contributed by atoms with Crippen LogP contribution in [-0.2, 0) is 36.8 Å². The summed E-state index contributed by atoms with van der Waals surface area (Å²) in [6.07, 6.45) is 1.03. The maximum absolute atomic E-state index is 13.5. The van der Waals surface area contributed by atoms with Gasteiger partial charge in [0, 0.05) is 20.1 Å². The first-order valence-corrected chi connectivity index (χ1v) is 14.1. The first-order valence-electron chi connectivity index (χ1n) is 14.1. The van der Waals surface area contributed by atoms with Crippen LogP contribution in [0, 0.1) is 5.92 Å². The summed E-state index contributed by atoms with van der Waals surface area (Å²) >= 11 is 0. The molecule has 0 radical (unpaired) electrons. The number of nitrogens with zero attached hydrogens (tertiary/aromatic N) is 1. The summed E-state index contributed by atoms with van der Waals surface area (Å²) in [4.78, 5) is 40.8. The summed E-state index contributed by atoms with van der Waals surface area (Å²) in [6.45, 7) is 11.1. The lowest BCUT2D eigenvalue weighted by Gasteiger charge is -2.31. The van der Waals surface area contributed by atoms with Gasteiger partial charge in [-0.2, -0.15) is 0 Å². The van der Waals surface area contributed by atoms with Crippen molar-refractivity contribution in [3.63, 3.8) is 0 Å². The second kappa shape index (κ2) is 16.0. The Bertz CT molecular complexity index is 1150. The third kappa shape index (κ3) is 11.4. The maximum Gasteiger partial charge on any atom is 0.410 e. The molecular formula is C33H45NO7. The summed E-state index contributed by atoms with van der Waals surface area (Å²) < 4.78 is 16.8. The average molecular weight is 568 g/mol. The molecule has 0 bridgehead atoms. The number of likely N-dealkylation sites (N-methyl/N-ethyl adjacent to an activating group) is 1. The summed E-state index contributed by atoms with van der Waals surface area (Å²) in [5.41, 5.74) is 2.80. The summed E-state index contributed by atoms with van der Waals surface area (Å²) in [6, 6.07) is 15.8. The van der Waals surface area contributed by atoms with Gasteiger partial charge in [-0.1, -0.05) is 74.5 Å². The molecule has 0 heterocycles. The van der Waals surface area contributed by atoms with E-state index in [0.717, 1.165) is 22.3 Å². The van der Waals surface area contributed by atoms with Gasteiger partial charge in [0.05, 0.1) is 0 Å². The number of amides is 1. The van der Waals surface area contributed by atoms with Gasteiger partial charge in [0.25, 0.3) is 0 Å². The van der Waals surface area contributed by atoms with Crippen LogP contribution in [0.2, 0.25) is 0 Å². The Balaban J connectivity index is 2.29. The summed E-state index contributed by atoms with van der Waals surface area (Å²) in [7, 11) is 1.50. The topological polar surface area (TPSA) is 102 Å². The van der Waals surface area contributed by atoms with Gasteiger partial charge in [-0.3, -0.25) is 4.90 Å². The van der Waals surface area contributed by atoms with E-state index in [2.05, 4.69) is 0 Å². The van der Waals surface area contributed by atoms with Crippen molar-refractivity contribution in [2.45, 2.75) is 85.2 Å². The summed E-state index contributed by atoms with van der Waals surface area (Å²) in [5, 5.41) is 9.34. The van der Waals surface area contributed by atoms with Gasteiger partial charge in [0.2, 0.25) is 6.10 Å². The molecule has 1 N–H and O–H groups in total. The van der Waals surface area contributed by atoms with E-state index in [4.69, 9.17) is 14.2 Å². The molecule has 2 unspecified atom stereocenters. The number of aliphatic hydroxyl groups is 1. The van der Waals surface area contributed by atoms with E-state index in [1.165, 1.54) is 11.9 Å². The van der Waals surface area contributed by atoms with Crippen molar-refractivity contribution in [1.29, 1.82) is 0 Å². The van der Waals surface area contributed by atoms with Crippen LogP contribution in [-0.4, -0.2) is 59.4 Å². The predicted octanol–water partition coefficient (Wildman–Crippen LogP) is 5.95. The van der Waals surface area contributed by atoms with Gasteiger partial charge >= 0.3 is 18.0 Å². The number of benzene rings is 2. The quantitative estimate of drug-likeness (QED) is 0.236. The molecule has 0 fully saturated rings. The number of carbonyl (C=O) groups is 3. The molecule has 0 aliphatic carbocycles. The molecule has 0 spiro atoms. The van der Waals surface area contributed by atoms with Crippen LogP contribution in [0.5, 0.6) is 0 Å². The van der Waals surface area contributed by atoms with Crippen LogP contribution in [0.4, 0.5) is 4.79 Å². The third-order valence-corrected chi connectivity index (χ3v) is 6.34. The van der Waals surface area contributed by atoms with Gasteiger partial charge < -0.3 is 19.3 Å². The zero-order valence-electron chi connectivity index (χ0n) is 25.4. The average Bonchev–Trinajstić information content (AvgIpc) is 2.92. The lowest BCUT2D eigenvalue weighted by Crippen LogP contribution is -2.47. The number of esters is 2. The van der Waals surface area contributed by atoms with Gasteiger partial charge in [0.1, 0.15) is 18.2 Å². The molecule has 41 heavy (non-hydrogen) atoms. The lowest BCUT2D eigenvalue weighted by molar-refractivity contribution is -0.171. The van der Waals surface area contributed by atoms with Crippen molar-refractivity contribution in [2.75, 3.05) is 13.7 Å². The highest BCUT2D eigenvalue weighted by Gasteiger charge is 2.35. The van der Waals surface area contributed by atoms with E-state index in [0.29, 0.717) is 12.8 Å². The molecule has 2 aromatic rings. The largest absolute Gasteiger partial charge is 0.458 e. The van der Waals surface area contributed by atoms with Crippen molar-refractivity contribution in [3.05, 3.63) is 77.4 Å². The summed E-state index contributed by atoms with van der Waals surface area (Å²) in [5.74, 6) is -1.32. The van der Waals surface area contributed by atoms with Gasteiger partial charge in [-0.15, -0.1) is 0 Å². The molecule has 8 nitrogen and oxygen atoms in total. The molecule has 224 valence electrons. The fourth-order valence-corrected chi connectivity index (χ4v) is 4.18. The molecule has 2 atom stereocenters. The highest BCUT2D eigenvalue weighted by atomic mass is 16.6. The van der Waals surface area contributed by atoms with Crippen molar-refractivity contribution in [3.8, 4) is 0 Å². The number of carbonyl (C=O) groups excluding carboxylic acids is 3. The Kier molecular flexibility index (Phi) is 13.1. The molecule has 0 saturated carbocycles. The Morgan fingerprint density at radius 1 is 0.951 bits per heavy atom. The van der Waals surface area contributed by atoms with Crippen LogP contribution >= 0.6 is 0 Å². The third-order valence-electron chi connectivity index (χ3n) is 6.34. The molecule has 2 aromatic carbocycles. The smallest absolute Gasteiger partial charge is 0.410 e. The Morgan fingerprint density at radius 2 is 1.59 bits per heavy atom. The molecule has 0 aliphatic heterocycles. The minimum absolute atomic E-state index is 0.0334. The second-order valence-electron chi connectivity index (χ2n) is 11.4. The minimum atomic E-state index is -1.22. The molecule has 0 aromatic heterocycles. The van der Waals surface area contributed by atoms with Crippen LogP contribution in [0.3, 0.4) is 0 Å². The van der Waals surface area contributed by atoms with E-state index in [1.54, 1.807) is 20.8 Å². The zero-order valence-corrected chi connectivity index (χ0v) is 25.4. The minimum Gasteiger partial charge on any atom is -0.458 e. The monoisotopic (exact) mass is 567 g/mol. The fraction of sp³-hybridized carbons (Fsp3) is 0.485. The second-order valence-corrected chi connectivity index (χ2v) is 11.4. The number of hydrogen-bond donors (Lipinski definition) is 1. The van der Waals surface area contributed by atoms with Gasteiger partial charge in [0.15, 0.2) is 0 Å². The fourth-order valence-electron chi connectivity index (χ4n) is 4.18. The number of aliphatic hydroxyl groups excluding tert-OH is 1. The first-order chi connectivity index (χ1) is 19.3. The molecule has 2 rings (SSSR count). The van der Waals surface area contributed by atoms with Crippen molar-refractivity contribution in [2.24, 2.45) is 5.92 Å². The van der Waals surface area contributed by atoms with Crippen LogP contribution in [0.15, 0.2) is 60.7 Å². The van der Waals surface area contributed by atoms with E-state index in [9.17, 15) is 19.5 Å². The predicted molar refractivity (Wildman–Crippen MR) is 159 cm³/mol. The first kappa shape index (κ1) is 33.6. The number of hydrogen-bond acceptors (Lipinski definition) is 7. The van der Waals surface area contributed by atoms with Gasteiger partial charge in [-0.25, -0.2) is 14.4 Å². The van der Waals surface area contributed by atoms with E-state index < -0.39 is 35.8 Å². The van der Waals surface area contributed by atoms with Crippen molar-refractivity contribution < 1.29 is 33.7 Å². The standard InChI is InChI=1S/C33H45NO7/c1-8-26(18-19-35)27-16-14-24(15-17-27)21-29(31(37)39-22-25-12-10-9-11-13-25)40-30(36)28(20-23(2)3)34(7)32(38)41-33(4,5)6/h8-17,23,28-29,35H,18-22H2,1-7H3/b26-8+. The lowest BCUT2D eigenvalue weighted by atomic mass is 9.99. The molecule has 1 amide bonds. The van der Waals surface area contributed by atoms with Crippen LogP contribution in [0.25, 0.3) is 5.57 Å². The highest BCUT2D eigenvalue weighted by molar-refractivity contribution is 5.85. The number of allylic oxidation sites excluding steroid dienone is 1. The van der Waals surface area contributed by atoms with E-state index in [-0.39, 0.29) is 25.6 Å². The van der Waals surface area contributed by atoms with E-state index in [1.807, 2.05) is 81.4 Å². The Labute approximate surface area is 244 Å². The van der Waals surface area contributed by atoms with Crippen LogP contribution in [0.1, 0.15) is 71.1 Å². The Hall–Kier alpha value is -3.65. The highest BCUT2D eigenvalue weighted by Crippen LogP contribution is 2.21. The SMILES string of the molecule is C/C=C(\CCO)c1ccc(CC(OC(=O)C(CC(C)C)N(C)C(=O)OC(C)(C)C)C(=O)OCc2ccccc2)cc1. The molecular weight excluding hydrogens is 522 g/mol. The maximum atomic E-state index is 13.5. The molecule has 0 aliphatic rings. The number of ether oxygens (including phenoxy) is 3. The van der Waals surface area contributed by atoms with Crippen LogP contribution < -0.4 is 0 Å². The zero-order chi connectivity index (χ0) is 30.6. The van der Waals surface area contributed by atoms with E-state index >= 15 is 0 Å². The normalized spacial score (nSPS) is 13.3. The Morgan fingerprint density at radius 3 is 2.12 bits per heavy atom. The molecule has 8 heteroatoms. The van der Waals surface area contributed by atoms with Gasteiger partial charge in [-0.05, 0) is 68.7 Å². The number of rotatable bonds is 13. The van der Waals surface area contributed by atoms with Crippen molar-refractivity contribution >= 4 is 23.6 Å².